The Bertz CT molecular complexity index is 971. The third-order valence-corrected chi connectivity index (χ3v) is 10.0. The SMILES string of the molecule is C=C1CCC[C@]2(C)C[C@H]3OC(=O)[C@H](CNCC[C@@]4(c5ccc(OC)cc5)CCOC(C)(C)C4)[C@@H]3C[C@@H]12. The van der Waals surface area contributed by atoms with Crippen molar-refractivity contribution in [3.8, 4) is 5.75 Å². The summed E-state index contributed by atoms with van der Waals surface area (Å²) < 4.78 is 17.5. The zero-order valence-corrected chi connectivity index (χ0v) is 22.7. The van der Waals surface area contributed by atoms with Crippen LogP contribution in [0.25, 0.3) is 0 Å². The van der Waals surface area contributed by atoms with E-state index in [2.05, 4.69) is 56.9 Å². The molecule has 1 aromatic carbocycles. The number of rotatable bonds is 7. The number of allylic oxidation sites excluding steroid dienone is 1. The molecule has 5 heteroatoms. The van der Waals surface area contributed by atoms with E-state index in [-0.39, 0.29) is 34.4 Å². The summed E-state index contributed by atoms with van der Waals surface area (Å²) in [6.45, 7) is 13.6. The molecule has 4 aliphatic rings. The molecule has 0 spiro atoms. The molecule has 2 saturated carbocycles. The summed E-state index contributed by atoms with van der Waals surface area (Å²) in [5.41, 5.74) is 2.89. The van der Waals surface area contributed by atoms with Gasteiger partial charge in [-0.15, -0.1) is 0 Å². The van der Waals surface area contributed by atoms with E-state index in [0.29, 0.717) is 18.4 Å². The molecule has 0 aromatic heterocycles. The van der Waals surface area contributed by atoms with Crippen molar-refractivity contribution in [1.82, 2.24) is 5.32 Å². The van der Waals surface area contributed by atoms with Crippen molar-refractivity contribution in [3.05, 3.63) is 42.0 Å². The van der Waals surface area contributed by atoms with Gasteiger partial charge in [0.15, 0.2) is 0 Å². The third kappa shape index (κ3) is 4.86. The number of hydrogen-bond acceptors (Lipinski definition) is 5. The molecule has 2 heterocycles. The van der Waals surface area contributed by atoms with Gasteiger partial charge in [-0.05, 0) is 101 Å². The van der Waals surface area contributed by atoms with Gasteiger partial charge < -0.3 is 19.5 Å². The van der Waals surface area contributed by atoms with Gasteiger partial charge >= 0.3 is 5.97 Å². The van der Waals surface area contributed by atoms with Gasteiger partial charge in [-0.1, -0.05) is 31.2 Å². The fourth-order valence-corrected chi connectivity index (χ4v) is 8.10. The van der Waals surface area contributed by atoms with Gasteiger partial charge in [-0.2, -0.15) is 0 Å². The summed E-state index contributed by atoms with van der Waals surface area (Å²) >= 11 is 0. The summed E-state index contributed by atoms with van der Waals surface area (Å²) in [5.74, 6) is 1.69. The Labute approximate surface area is 217 Å². The maximum atomic E-state index is 12.9. The first-order valence-electron chi connectivity index (χ1n) is 14.0. The van der Waals surface area contributed by atoms with Crippen LogP contribution in [-0.4, -0.2) is 44.5 Å². The smallest absolute Gasteiger partial charge is 0.310 e. The Morgan fingerprint density at radius 3 is 2.67 bits per heavy atom. The first-order valence-corrected chi connectivity index (χ1v) is 14.0. The fraction of sp³-hybridized carbons (Fsp3) is 0.710. The largest absolute Gasteiger partial charge is 0.497 e. The average molecular weight is 496 g/mol. The zero-order chi connectivity index (χ0) is 25.6. The summed E-state index contributed by atoms with van der Waals surface area (Å²) in [4.78, 5) is 12.9. The normalized spacial score (nSPS) is 37.7. The van der Waals surface area contributed by atoms with Crippen LogP contribution in [0.1, 0.15) is 77.7 Å². The van der Waals surface area contributed by atoms with Crippen LogP contribution >= 0.6 is 0 Å². The number of nitrogens with one attached hydrogen (secondary N) is 1. The van der Waals surface area contributed by atoms with E-state index in [4.69, 9.17) is 14.2 Å². The lowest BCUT2D eigenvalue weighted by Crippen LogP contribution is -2.46. The second kappa shape index (κ2) is 9.79. The number of ether oxygens (including phenoxy) is 3. The number of carbonyl (C=O) groups is 1. The van der Waals surface area contributed by atoms with Crippen molar-refractivity contribution in [2.45, 2.75) is 89.3 Å². The molecule has 0 bridgehead atoms. The second-order valence-electron chi connectivity index (χ2n) is 12.9. The zero-order valence-electron chi connectivity index (χ0n) is 22.7. The number of methoxy groups -OCH3 is 1. The molecule has 1 N–H and O–H groups in total. The fourth-order valence-electron chi connectivity index (χ4n) is 8.10. The molecular weight excluding hydrogens is 450 g/mol. The standard InChI is InChI=1S/C31H45NO4/c1-21-7-6-12-30(4)18-27-24(17-26(21)30)25(28(33)36-27)19-32-15-13-31(14-16-35-29(2,3)20-31)22-8-10-23(34-5)11-9-22/h8-11,24-27,32H,1,6-7,12-20H2,2-5H3/t24-,25+,26-,27+,30+,31+/m0/s1. The van der Waals surface area contributed by atoms with Gasteiger partial charge in [-0.25, -0.2) is 0 Å². The molecule has 5 rings (SSSR count). The minimum atomic E-state index is -0.155. The Kier molecular flexibility index (Phi) is 7.01. The van der Waals surface area contributed by atoms with Crippen molar-refractivity contribution in [2.75, 3.05) is 26.8 Å². The van der Waals surface area contributed by atoms with Gasteiger partial charge in [0.25, 0.3) is 0 Å². The molecule has 6 atom stereocenters. The average Bonchev–Trinajstić information content (AvgIpc) is 3.13. The lowest BCUT2D eigenvalue weighted by Gasteiger charge is -2.50. The first-order chi connectivity index (χ1) is 17.1. The molecule has 198 valence electrons. The molecule has 2 aliphatic carbocycles. The number of fused-ring (bicyclic) bond motifs is 2. The predicted molar refractivity (Wildman–Crippen MR) is 142 cm³/mol. The van der Waals surface area contributed by atoms with Crippen molar-refractivity contribution in [2.24, 2.45) is 23.2 Å². The lowest BCUT2D eigenvalue weighted by atomic mass is 9.55. The molecule has 0 unspecified atom stereocenters. The molecule has 0 radical (unpaired) electrons. The summed E-state index contributed by atoms with van der Waals surface area (Å²) in [7, 11) is 1.71. The molecule has 0 amide bonds. The van der Waals surface area contributed by atoms with Crippen LogP contribution in [0.2, 0.25) is 0 Å². The number of benzene rings is 1. The first kappa shape index (κ1) is 25.8. The highest BCUT2D eigenvalue weighted by Crippen LogP contribution is 2.56. The quantitative estimate of drug-likeness (QED) is 0.294. The van der Waals surface area contributed by atoms with Crippen molar-refractivity contribution < 1.29 is 19.0 Å². The summed E-state index contributed by atoms with van der Waals surface area (Å²) in [5, 5.41) is 3.69. The Morgan fingerprint density at radius 1 is 1.17 bits per heavy atom. The van der Waals surface area contributed by atoms with Crippen LogP contribution in [0.15, 0.2) is 36.4 Å². The van der Waals surface area contributed by atoms with E-state index in [1.165, 1.54) is 24.0 Å². The molecular formula is C31H45NO4. The topological polar surface area (TPSA) is 56.8 Å². The third-order valence-electron chi connectivity index (χ3n) is 10.0. The number of carbonyl (C=O) groups excluding carboxylic acids is 1. The monoisotopic (exact) mass is 495 g/mol. The van der Waals surface area contributed by atoms with Crippen LogP contribution in [0, 0.1) is 23.2 Å². The lowest BCUT2D eigenvalue weighted by molar-refractivity contribution is -0.146. The van der Waals surface area contributed by atoms with Gasteiger partial charge in [0.1, 0.15) is 11.9 Å². The minimum Gasteiger partial charge on any atom is -0.497 e. The van der Waals surface area contributed by atoms with E-state index in [1.807, 2.05) is 0 Å². The van der Waals surface area contributed by atoms with E-state index >= 15 is 0 Å². The van der Waals surface area contributed by atoms with Gasteiger partial charge in [0.2, 0.25) is 0 Å². The van der Waals surface area contributed by atoms with Crippen LogP contribution in [0.5, 0.6) is 5.75 Å². The molecule has 2 saturated heterocycles. The minimum absolute atomic E-state index is 0.00225. The van der Waals surface area contributed by atoms with Crippen molar-refractivity contribution in [3.63, 3.8) is 0 Å². The highest BCUT2D eigenvalue weighted by Gasteiger charge is 2.55. The van der Waals surface area contributed by atoms with Gasteiger partial charge in [0.05, 0.1) is 18.6 Å². The molecule has 36 heavy (non-hydrogen) atoms. The highest BCUT2D eigenvalue weighted by molar-refractivity contribution is 5.75. The van der Waals surface area contributed by atoms with Crippen LogP contribution in [-0.2, 0) is 19.7 Å². The highest BCUT2D eigenvalue weighted by atomic mass is 16.6. The predicted octanol–water partition coefficient (Wildman–Crippen LogP) is 5.82. The van der Waals surface area contributed by atoms with Gasteiger partial charge in [-0.3, -0.25) is 4.79 Å². The van der Waals surface area contributed by atoms with E-state index < -0.39 is 0 Å². The molecule has 5 nitrogen and oxygen atoms in total. The number of esters is 1. The number of hydrogen-bond donors (Lipinski definition) is 1. The summed E-state index contributed by atoms with van der Waals surface area (Å²) in [6.07, 6.45) is 8.73. The second-order valence-corrected chi connectivity index (χ2v) is 12.9. The Balaban J connectivity index is 1.24. The van der Waals surface area contributed by atoms with Gasteiger partial charge in [0, 0.05) is 24.5 Å². The Morgan fingerprint density at radius 2 is 1.94 bits per heavy atom. The Hall–Kier alpha value is -1.85. The van der Waals surface area contributed by atoms with E-state index in [9.17, 15) is 4.79 Å². The maximum absolute atomic E-state index is 12.9. The van der Waals surface area contributed by atoms with Crippen molar-refractivity contribution >= 4 is 5.97 Å². The molecule has 1 aromatic rings. The van der Waals surface area contributed by atoms with Crippen LogP contribution in [0.4, 0.5) is 0 Å². The van der Waals surface area contributed by atoms with Crippen LogP contribution < -0.4 is 10.1 Å². The van der Waals surface area contributed by atoms with E-state index in [1.54, 1.807) is 7.11 Å². The van der Waals surface area contributed by atoms with Crippen molar-refractivity contribution in [1.29, 1.82) is 0 Å². The summed E-state index contributed by atoms with van der Waals surface area (Å²) in [6, 6.07) is 8.57. The van der Waals surface area contributed by atoms with E-state index in [0.717, 1.165) is 57.4 Å². The molecule has 2 aliphatic heterocycles. The molecule has 4 fully saturated rings. The van der Waals surface area contributed by atoms with Crippen LogP contribution in [0.3, 0.4) is 0 Å². The maximum Gasteiger partial charge on any atom is 0.310 e.